The summed E-state index contributed by atoms with van der Waals surface area (Å²) in [5.74, 6) is -1.43. The Hall–Kier alpha value is -3.41. The maximum Gasteiger partial charge on any atom is 0.320 e. The summed E-state index contributed by atoms with van der Waals surface area (Å²) in [6.07, 6.45) is 1.15. The van der Waals surface area contributed by atoms with E-state index in [0.717, 1.165) is 30.7 Å². The van der Waals surface area contributed by atoms with Crippen molar-refractivity contribution in [3.05, 3.63) is 40.4 Å². The van der Waals surface area contributed by atoms with Crippen molar-refractivity contribution in [2.75, 3.05) is 38.6 Å². The monoisotopic (exact) mass is 644 g/mol. The number of hydrogen-bond acceptors (Lipinski definition) is 10. The number of ether oxygens (including phenoxy) is 2. The number of aliphatic hydroxyl groups is 1. The van der Waals surface area contributed by atoms with Gasteiger partial charge in [0.1, 0.15) is 41.3 Å². The van der Waals surface area contributed by atoms with Crippen molar-refractivity contribution >= 4 is 48.9 Å². The largest absolute Gasteiger partial charge is 0.472 e. The van der Waals surface area contributed by atoms with Gasteiger partial charge in [0.25, 0.3) is 0 Å². The zero-order valence-electron chi connectivity index (χ0n) is 23.4. The van der Waals surface area contributed by atoms with Crippen molar-refractivity contribution in [3.8, 4) is 29.1 Å². The highest BCUT2D eigenvalue weighted by Crippen LogP contribution is 2.46. The van der Waals surface area contributed by atoms with Gasteiger partial charge in [0.05, 0.1) is 38.9 Å². The van der Waals surface area contributed by atoms with Crippen molar-refractivity contribution in [1.82, 2.24) is 20.2 Å². The van der Waals surface area contributed by atoms with E-state index in [0.29, 0.717) is 25.9 Å². The van der Waals surface area contributed by atoms with Crippen LogP contribution in [0.4, 0.5) is 18.2 Å². The predicted molar refractivity (Wildman–Crippen MR) is 161 cm³/mol. The SMILES string of the molecule is N#Cc1c(N)sc2c(F)ccc(-c3c(Cl)cc4c(OC5CCNC5CO)nc(OCC56CCCN5CC(F)C6)nc4c3F)c12. The van der Waals surface area contributed by atoms with Gasteiger partial charge in [-0.15, -0.1) is 11.3 Å². The molecule has 4 N–H and O–H groups in total. The fourth-order valence-electron chi connectivity index (χ4n) is 6.92. The maximum absolute atomic E-state index is 16.7. The van der Waals surface area contributed by atoms with E-state index in [2.05, 4.69) is 20.2 Å². The van der Waals surface area contributed by atoms with Crippen molar-refractivity contribution in [3.63, 3.8) is 0 Å². The molecule has 5 heterocycles. The number of aromatic nitrogens is 2. The highest BCUT2D eigenvalue weighted by atomic mass is 35.5. The van der Waals surface area contributed by atoms with E-state index in [4.69, 9.17) is 26.8 Å². The van der Waals surface area contributed by atoms with Crippen LogP contribution >= 0.6 is 22.9 Å². The molecular formula is C30H28ClF3N6O3S. The van der Waals surface area contributed by atoms with E-state index in [1.54, 1.807) is 0 Å². The Morgan fingerprint density at radius 2 is 2.16 bits per heavy atom. The molecule has 3 aliphatic heterocycles. The number of aliphatic hydroxyl groups excluding tert-OH is 1. The summed E-state index contributed by atoms with van der Waals surface area (Å²) in [7, 11) is 0. The Bertz CT molecular complexity index is 1840. The normalized spacial score (nSPS) is 25.1. The number of nitrogens with one attached hydrogen (secondary N) is 1. The van der Waals surface area contributed by atoms with Crippen molar-refractivity contribution in [2.45, 2.75) is 49.5 Å². The van der Waals surface area contributed by atoms with Crippen LogP contribution in [-0.2, 0) is 0 Å². The number of nitriles is 1. The third kappa shape index (κ3) is 4.71. The molecule has 14 heteroatoms. The van der Waals surface area contributed by atoms with Crippen molar-refractivity contribution in [1.29, 1.82) is 5.26 Å². The summed E-state index contributed by atoms with van der Waals surface area (Å²) in [5.41, 5.74) is 5.47. The second kappa shape index (κ2) is 11.2. The molecule has 2 aromatic heterocycles. The first-order valence-electron chi connectivity index (χ1n) is 14.4. The number of benzene rings is 2. The molecule has 0 bridgehead atoms. The van der Waals surface area contributed by atoms with Crippen LogP contribution in [0, 0.1) is 23.0 Å². The van der Waals surface area contributed by atoms with E-state index in [1.807, 2.05) is 6.07 Å². The standard InChI is InChI=1S/C30H28ClF3N6O3S/c31-18-8-16-25(24(34)23(18)15-2-3-19(33)26-22(15)17(10-35)27(36)44-26)38-29(39-28(16)43-21-4-6-37-20(21)12-41)42-13-30-5-1-7-40(30)11-14(32)9-30/h2-3,8,14,20-21,37,41H,1,4-7,9,11-13,36H2. The molecule has 3 fully saturated rings. The molecule has 0 saturated carbocycles. The quantitative estimate of drug-likeness (QED) is 0.256. The molecule has 0 amide bonds. The minimum atomic E-state index is -0.959. The van der Waals surface area contributed by atoms with Gasteiger partial charge < -0.3 is 25.6 Å². The molecule has 4 unspecified atom stereocenters. The third-order valence-electron chi connectivity index (χ3n) is 9.00. The molecule has 4 atom stereocenters. The van der Waals surface area contributed by atoms with Crippen molar-refractivity contribution < 1.29 is 27.8 Å². The fraction of sp³-hybridized carbons (Fsp3) is 0.433. The Labute approximate surface area is 259 Å². The molecule has 2 aromatic carbocycles. The molecule has 0 aliphatic carbocycles. The van der Waals surface area contributed by atoms with Crippen LogP contribution in [0.5, 0.6) is 11.9 Å². The minimum Gasteiger partial charge on any atom is -0.472 e. The van der Waals surface area contributed by atoms with Gasteiger partial charge in [0.15, 0.2) is 5.82 Å². The molecule has 230 valence electrons. The average molecular weight is 645 g/mol. The number of nitrogens with zero attached hydrogens (tertiary/aromatic N) is 4. The summed E-state index contributed by atoms with van der Waals surface area (Å²) >= 11 is 7.61. The molecule has 9 nitrogen and oxygen atoms in total. The summed E-state index contributed by atoms with van der Waals surface area (Å²) in [6.45, 7) is 1.66. The van der Waals surface area contributed by atoms with E-state index >= 15 is 4.39 Å². The number of rotatable bonds is 7. The molecular weight excluding hydrogens is 617 g/mol. The van der Waals surface area contributed by atoms with E-state index in [1.165, 1.54) is 18.2 Å². The number of hydrogen-bond donors (Lipinski definition) is 3. The van der Waals surface area contributed by atoms with Gasteiger partial charge in [-0.3, -0.25) is 4.90 Å². The van der Waals surface area contributed by atoms with Crippen LogP contribution in [0.1, 0.15) is 31.2 Å². The first kappa shape index (κ1) is 29.3. The van der Waals surface area contributed by atoms with E-state index < -0.39 is 29.4 Å². The number of fused-ring (bicyclic) bond motifs is 3. The number of thiophene rings is 1. The maximum atomic E-state index is 16.7. The summed E-state index contributed by atoms with van der Waals surface area (Å²) < 4.78 is 58.3. The van der Waals surface area contributed by atoms with Gasteiger partial charge in [-0.1, -0.05) is 17.7 Å². The smallest absolute Gasteiger partial charge is 0.320 e. The molecule has 0 radical (unpaired) electrons. The van der Waals surface area contributed by atoms with E-state index in [9.17, 15) is 19.1 Å². The Morgan fingerprint density at radius 3 is 2.95 bits per heavy atom. The Balaban J connectivity index is 1.37. The lowest BCUT2D eigenvalue weighted by Gasteiger charge is -2.30. The average Bonchev–Trinajstić information content (AvgIpc) is 3.75. The highest BCUT2D eigenvalue weighted by Gasteiger charge is 2.49. The zero-order chi connectivity index (χ0) is 30.7. The second-order valence-corrected chi connectivity index (χ2v) is 13.0. The predicted octanol–water partition coefficient (Wildman–Crippen LogP) is 4.95. The van der Waals surface area contributed by atoms with Crippen LogP contribution in [0.3, 0.4) is 0 Å². The number of alkyl halides is 1. The molecule has 3 saturated heterocycles. The third-order valence-corrected chi connectivity index (χ3v) is 10.3. The van der Waals surface area contributed by atoms with Crippen LogP contribution in [0.15, 0.2) is 18.2 Å². The molecule has 3 aliphatic rings. The lowest BCUT2D eigenvalue weighted by Crippen LogP contribution is -2.43. The zero-order valence-corrected chi connectivity index (χ0v) is 25.0. The summed E-state index contributed by atoms with van der Waals surface area (Å²) in [6, 6.07) is 5.46. The first-order valence-corrected chi connectivity index (χ1v) is 15.6. The van der Waals surface area contributed by atoms with Crippen LogP contribution < -0.4 is 20.5 Å². The van der Waals surface area contributed by atoms with Gasteiger partial charge in [-0.05, 0) is 50.0 Å². The van der Waals surface area contributed by atoms with Gasteiger partial charge in [-0.2, -0.15) is 15.2 Å². The van der Waals surface area contributed by atoms with Crippen LogP contribution in [-0.4, -0.2) is 76.7 Å². The first-order chi connectivity index (χ1) is 21.2. The van der Waals surface area contributed by atoms with Gasteiger partial charge in [-0.25, -0.2) is 13.2 Å². The van der Waals surface area contributed by atoms with E-state index in [-0.39, 0.29) is 78.8 Å². The highest BCUT2D eigenvalue weighted by molar-refractivity contribution is 7.23. The molecule has 4 aromatic rings. The van der Waals surface area contributed by atoms with Crippen LogP contribution in [0.2, 0.25) is 5.02 Å². The van der Waals surface area contributed by atoms with Gasteiger partial charge >= 0.3 is 6.01 Å². The lowest BCUT2D eigenvalue weighted by atomic mass is 9.95. The minimum absolute atomic E-state index is 0.0156. The number of anilines is 1. The topological polar surface area (TPSA) is 130 Å². The number of nitrogen functional groups attached to an aromatic ring is 1. The molecule has 7 rings (SSSR count). The van der Waals surface area contributed by atoms with Crippen LogP contribution in [0.25, 0.3) is 32.1 Å². The summed E-state index contributed by atoms with van der Waals surface area (Å²) in [5, 5.41) is 23.2. The number of halogens is 4. The van der Waals surface area contributed by atoms with Gasteiger partial charge in [0, 0.05) is 23.9 Å². The Kier molecular flexibility index (Phi) is 7.45. The fourth-order valence-corrected chi connectivity index (χ4v) is 8.16. The van der Waals surface area contributed by atoms with Crippen molar-refractivity contribution in [2.24, 2.45) is 0 Å². The second-order valence-electron chi connectivity index (χ2n) is 11.6. The molecule has 44 heavy (non-hydrogen) atoms. The molecule has 0 spiro atoms. The summed E-state index contributed by atoms with van der Waals surface area (Å²) in [4.78, 5) is 11.0. The lowest BCUT2D eigenvalue weighted by molar-refractivity contribution is 0.104. The number of nitrogens with two attached hydrogens (primary N) is 1. The Morgan fingerprint density at radius 1 is 1.32 bits per heavy atom. The van der Waals surface area contributed by atoms with Gasteiger partial charge in [0.2, 0.25) is 5.88 Å².